The van der Waals surface area contributed by atoms with Gasteiger partial charge in [0.05, 0.1) is 6.54 Å². The first-order chi connectivity index (χ1) is 8.99. The Morgan fingerprint density at radius 3 is 2.16 bits per heavy atom. The third kappa shape index (κ3) is 4.46. The van der Waals surface area contributed by atoms with Gasteiger partial charge in [-0.15, -0.1) is 0 Å². The van der Waals surface area contributed by atoms with Gasteiger partial charge in [0.25, 0.3) is 0 Å². The third-order valence-electron chi connectivity index (χ3n) is 3.60. The fraction of sp³-hybridized carbons (Fsp3) is 0.588. The molecule has 0 heterocycles. The Morgan fingerprint density at radius 2 is 1.68 bits per heavy atom. The number of Topliss-reactive ketones (excluding diaryl/α,β-unsaturated/α-hetero) is 1. The van der Waals surface area contributed by atoms with Crippen molar-refractivity contribution in [3.8, 4) is 0 Å². The minimum absolute atomic E-state index is 0.257. The lowest BCUT2D eigenvalue weighted by Crippen LogP contribution is -2.31. The van der Waals surface area contributed by atoms with Crippen molar-refractivity contribution in [3.63, 3.8) is 0 Å². The second-order valence-electron chi connectivity index (χ2n) is 5.42. The maximum absolute atomic E-state index is 12.5. The van der Waals surface area contributed by atoms with E-state index in [2.05, 4.69) is 37.8 Å². The van der Waals surface area contributed by atoms with Crippen molar-refractivity contribution in [2.75, 3.05) is 19.6 Å². The highest BCUT2D eigenvalue weighted by atomic mass is 16.1. The first-order valence-electron chi connectivity index (χ1n) is 7.33. The molecule has 0 saturated carbocycles. The Balaban J connectivity index is 2.83. The summed E-state index contributed by atoms with van der Waals surface area (Å²) in [6, 6.07) is 4.20. The highest BCUT2D eigenvalue weighted by molar-refractivity contribution is 6.00. The number of nitrogens with zero attached hydrogens (tertiary/aromatic N) is 1. The van der Waals surface area contributed by atoms with Crippen molar-refractivity contribution in [3.05, 3.63) is 34.4 Å². The number of likely N-dealkylation sites (N-methyl/N-ethyl adjacent to an activating group) is 1. The molecule has 0 saturated heterocycles. The first kappa shape index (κ1) is 15.9. The molecule has 0 atom stereocenters. The highest BCUT2D eigenvalue weighted by Gasteiger charge is 2.15. The van der Waals surface area contributed by atoms with Crippen LogP contribution in [0, 0.1) is 20.8 Å². The van der Waals surface area contributed by atoms with Gasteiger partial charge in [0.15, 0.2) is 5.78 Å². The number of hydrogen-bond donors (Lipinski definition) is 0. The summed E-state index contributed by atoms with van der Waals surface area (Å²) in [5.74, 6) is 0.257. The van der Waals surface area contributed by atoms with E-state index < -0.39 is 0 Å². The van der Waals surface area contributed by atoms with Gasteiger partial charge in [-0.25, -0.2) is 0 Å². The average Bonchev–Trinajstić information content (AvgIpc) is 2.33. The number of rotatable bonds is 7. The summed E-state index contributed by atoms with van der Waals surface area (Å²) < 4.78 is 0. The van der Waals surface area contributed by atoms with Gasteiger partial charge in [-0.3, -0.25) is 9.69 Å². The van der Waals surface area contributed by atoms with Crippen LogP contribution in [-0.4, -0.2) is 30.3 Å². The largest absolute Gasteiger partial charge is 0.296 e. The van der Waals surface area contributed by atoms with Crippen LogP contribution in [0.15, 0.2) is 12.1 Å². The Labute approximate surface area is 117 Å². The lowest BCUT2D eigenvalue weighted by Gasteiger charge is -2.20. The summed E-state index contributed by atoms with van der Waals surface area (Å²) in [5.41, 5.74) is 4.36. The summed E-state index contributed by atoms with van der Waals surface area (Å²) >= 11 is 0. The molecule has 0 spiro atoms. The zero-order valence-electron chi connectivity index (χ0n) is 13.0. The highest BCUT2D eigenvalue weighted by Crippen LogP contribution is 2.17. The van der Waals surface area contributed by atoms with Gasteiger partial charge in [0, 0.05) is 5.56 Å². The van der Waals surface area contributed by atoms with E-state index in [0.717, 1.165) is 36.2 Å². The predicted molar refractivity (Wildman–Crippen MR) is 82.0 cm³/mol. The second-order valence-corrected chi connectivity index (χ2v) is 5.42. The van der Waals surface area contributed by atoms with Crippen molar-refractivity contribution in [1.82, 2.24) is 4.90 Å². The maximum atomic E-state index is 12.5. The number of ketones is 1. The molecule has 2 heteroatoms. The van der Waals surface area contributed by atoms with E-state index in [4.69, 9.17) is 0 Å². The van der Waals surface area contributed by atoms with Gasteiger partial charge in [-0.05, 0) is 51.4 Å². The normalized spacial score (nSPS) is 11.1. The Bertz CT molecular complexity index is 414. The summed E-state index contributed by atoms with van der Waals surface area (Å²) in [5, 5.41) is 0. The number of carbonyl (C=O) groups excluding carboxylic acids is 1. The fourth-order valence-electron chi connectivity index (χ4n) is 2.63. The van der Waals surface area contributed by atoms with Gasteiger partial charge in [0.1, 0.15) is 0 Å². The molecule has 2 nitrogen and oxygen atoms in total. The molecule has 0 aliphatic rings. The molecule has 1 rings (SSSR count). The monoisotopic (exact) mass is 261 g/mol. The molecule has 0 bridgehead atoms. The average molecular weight is 261 g/mol. The molecule has 106 valence electrons. The van der Waals surface area contributed by atoms with E-state index in [9.17, 15) is 4.79 Å². The number of carbonyl (C=O) groups is 1. The van der Waals surface area contributed by atoms with Gasteiger partial charge >= 0.3 is 0 Å². The number of aryl methyl sites for hydroxylation is 3. The van der Waals surface area contributed by atoms with E-state index in [1.807, 2.05) is 13.8 Å². The van der Waals surface area contributed by atoms with E-state index in [1.165, 1.54) is 12.0 Å². The van der Waals surface area contributed by atoms with Crippen molar-refractivity contribution in [2.24, 2.45) is 0 Å². The summed E-state index contributed by atoms with van der Waals surface area (Å²) in [6.45, 7) is 13.0. The van der Waals surface area contributed by atoms with E-state index in [0.29, 0.717) is 6.54 Å². The van der Waals surface area contributed by atoms with Gasteiger partial charge < -0.3 is 0 Å². The molecule has 0 fully saturated rings. The van der Waals surface area contributed by atoms with Crippen molar-refractivity contribution >= 4 is 5.78 Å². The van der Waals surface area contributed by atoms with Crippen LogP contribution in [0.3, 0.4) is 0 Å². The molecule has 1 aromatic carbocycles. The molecule has 0 unspecified atom stereocenters. The fourth-order valence-corrected chi connectivity index (χ4v) is 2.63. The minimum Gasteiger partial charge on any atom is -0.296 e. The van der Waals surface area contributed by atoms with Crippen LogP contribution in [0.25, 0.3) is 0 Å². The Morgan fingerprint density at radius 1 is 1.11 bits per heavy atom. The number of unbranched alkanes of at least 4 members (excludes halogenated alkanes) is 1. The number of benzene rings is 1. The molecule has 0 aliphatic carbocycles. The van der Waals surface area contributed by atoms with E-state index in [1.54, 1.807) is 0 Å². The van der Waals surface area contributed by atoms with Gasteiger partial charge in [0.2, 0.25) is 0 Å². The Kier molecular flexibility index (Phi) is 6.23. The van der Waals surface area contributed by atoms with Crippen LogP contribution in [-0.2, 0) is 0 Å². The lowest BCUT2D eigenvalue weighted by molar-refractivity contribution is 0.0932. The predicted octanol–water partition coefficient (Wildman–Crippen LogP) is 3.92. The molecular formula is C17H27NO. The zero-order chi connectivity index (χ0) is 14.4. The van der Waals surface area contributed by atoms with Crippen LogP contribution in [0.4, 0.5) is 0 Å². The zero-order valence-corrected chi connectivity index (χ0v) is 13.0. The second kappa shape index (κ2) is 7.44. The molecule has 0 N–H and O–H groups in total. The third-order valence-corrected chi connectivity index (χ3v) is 3.60. The summed E-state index contributed by atoms with van der Waals surface area (Å²) in [7, 11) is 0. The van der Waals surface area contributed by atoms with E-state index >= 15 is 0 Å². The molecule has 0 aliphatic heterocycles. The van der Waals surface area contributed by atoms with Crippen molar-refractivity contribution in [2.45, 2.75) is 47.5 Å². The van der Waals surface area contributed by atoms with Crippen LogP contribution in [0.2, 0.25) is 0 Å². The quantitative estimate of drug-likeness (QED) is 0.693. The van der Waals surface area contributed by atoms with Gasteiger partial charge in [-0.2, -0.15) is 0 Å². The summed E-state index contributed by atoms with van der Waals surface area (Å²) in [4.78, 5) is 14.7. The smallest absolute Gasteiger partial charge is 0.177 e. The minimum atomic E-state index is 0.257. The molecule has 0 aromatic heterocycles. The molecule has 1 aromatic rings. The van der Waals surface area contributed by atoms with Crippen molar-refractivity contribution in [1.29, 1.82) is 0 Å². The van der Waals surface area contributed by atoms with E-state index in [-0.39, 0.29) is 5.78 Å². The molecule has 19 heavy (non-hydrogen) atoms. The standard InChI is InChI=1S/C17H27NO/c1-6-8-9-18(7-2)12-16(19)17-14(4)10-13(3)11-15(17)5/h10-11H,6-9,12H2,1-5H3. The summed E-state index contributed by atoms with van der Waals surface area (Å²) in [6.07, 6.45) is 2.33. The molecule has 0 radical (unpaired) electrons. The SMILES string of the molecule is CCCCN(CC)CC(=O)c1c(C)cc(C)cc1C. The topological polar surface area (TPSA) is 20.3 Å². The number of hydrogen-bond acceptors (Lipinski definition) is 2. The first-order valence-corrected chi connectivity index (χ1v) is 7.33. The Hall–Kier alpha value is -1.15. The van der Waals surface area contributed by atoms with Crippen molar-refractivity contribution < 1.29 is 4.79 Å². The molecular weight excluding hydrogens is 234 g/mol. The maximum Gasteiger partial charge on any atom is 0.177 e. The van der Waals surface area contributed by atoms with Gasteiger partial charge in [-0.1, -0.05) is 38.0 Å². The van der Waals surface area contributed by atoms with Crippen LogP contribution >= 0.6 is 0 Å². The molecule has 0 amide bonds. The lowest BCUT2D eigenvalue weighted by atomic mass is 9.96. The van der Waals surface area contributed by atoms with Crippen LogP contribution in [0.5, 0.6) is 0 Å². The van der Waals surface area contributed by atoms with Crippen LogP contribution in [0.1, 0.15) is 53.7 Å². The van der Waals surface area contributed by atoms with Crippen LogP contribution < -0.4 is 0 Å².